The van der Waals surface area contributed by atoms with Crippen LogP contribution in [0.3, 0.4) is 0 Å². The van der Waals surface area contributed by atoms with E-state index in [0.717, 1.165) is 12.1 Å². The first-order chi connectivity index (χ1) is 10.1. The third kappa shape index (κ3) is 5.21. The van der Waals surface area contributed by atoms with E-state index in [9.17, 15) is 28.6 Å². The molecule has 0 aliphatic carbocycles. The molecule has 22 heavy (non-hydrogen) atoms. The van der Waals surface area contributed by atoms with E-state index in [0.29, 0.717) is 6.07 Å². The van der Waals surface area contributed by atoms with Gasteiger partial charge in [-0.3, -0.25) is 24.8 Å². The van der Waals surface area contributed by atoms with Gasteiger partial charge in [0.2, 0.25) is 0 Å². The van der Waals surface area contributed by atoms with Crippen LogP contribution < -0.4 is 4.74 Å². The second-order valence-electron chi connectivity index (χ2n) is 3.81. The van der Waals surface area contributed by atoms with Crippen molar-refractivity contribution in [2.24, 2.45) is 0 Å². The molecule has 0 aliphatic heterocycles. The molecule has 0 saturated carbocycles. The normalized spacial score (nSPS) is 12.6. The van der Waals surface area contributed by atoms with Crippen molar-refractivity contribution in [2.75, 3.05) is 13.2 Å². The maximum atomic E-state index is 10.8. The Balaban J connectivity index is 2.93. The summed E-state index contributed by atoms with van der Waals surface area (Å²) in [4.78, 5) is 19.6. The van der Waals surface area contributed by atoms with Crippen molar-refractivity contribution in [2.45, 2.75) is 6.10 Å². The molecular formula is C9H10N2O10S. The lowest BCUT2D eigenvalue weighted by Crippen LogP contribution is -2.28. The van der Waals surface area contributed by atoms with Crippen LogP contribution in [0.4, 0.5) is 11.4 Å². The molecule has 1 rings (SSSR count). The summed E-state index contributed by atoms with van der Waals surface area (Å²) in [7, 11) is -4.85. The summed E-state index contributed by atoms with van der Waals surface area (Å²) >= 11 is 0. The van der Waals surface area contributed by atoms with Gasteiger partial charge in [-0.05, 0) is 6.07 Å². The fraction of sp³-hybridized carbons (Fsp3) is 0.333. The first-order valence-corrected chi connectivity index (χ1v) is 6.82. The van der Waals surface area contributed by atoms with Crippen LogP contribution in [-0.4, -0.2) is 47.2 Å². The van der Waals surface area contributed by atoms with E-state index in [-0.39, 0.29) is 0 Å². The molecule has 1 aromatic rings. The van der Waals surface area contributed by atoms with Crippen molar-refractivity contribution in [3.8, 4) is 5.75 Å². The van der Waals surface area contributed by atoms with Crippen LogP contribution in [0.1, 0.15) is 0 Å². The molecule has 0 spiro atoms. The van der Waals surface area contributed by atoms with Crippen LogP contribution in [0, 0.1) is 20.2 Å². The highest BCUT2D eigenvalue weighted by Crippen LogP contribution is 2.31. The highest BCUT2D eigenvalue weighted by molar-refractivity contribution is 7.80. The van der Waals surface area contributed by atoms with E-state index in [1.54, 1.807) is 0 Å². The summed E-state index contributed by atoms with van der Waals surface area (Å²) in [6.07, 6.45) is -1.51. The largest absolute Gasteiger partial charge is 0.484 e. The number of aliphatic hydroxyl groups excluding tert-OH is 1. The van der Waals surface area contributed by atoms with Gasteiger partial charge in [0.15, 0.2) is 5.75 Å². The zero-order valence-electron chi connectivity index (χ0n) is 10.7. The SMILES string of the molecule is O=[N+]([O-])c1ccc(OCC(CO)OS(=O)(=O)O)c([N+](=O)[O-])c1. The zero-order chi connectivity index (χ0) is 16.9. The van der Waals surface area contributed by atoms with Gasteiger partial charge in [0.25, 0.3) is 5.69 Å². The molecule has 0 bridgehead atoms. The zero-order valence-corrected chi connectivity index (χ0v) is 11.5. The molecule has 1 aromatic carbocycles. The number of ether oxygens (including phenoxy) is 1. The molecule has 0 aromatic heterocycles. The Morgan fingerprint density at radius 2 is 1.86 bits per heavy atom. The van der Waals surface area contributed by atoms with Crippen molar-refractivity contribution in [3.05, 3.63) is 38.4 Å². The summed E-state index contributed by atoms with van der Waals surface area (Å²) in [6.45, 7) is -1.52. The van der Waals surface area contributed by atoms with E-state index in [4.69, 9.17) is 14.4 Å². The topological polar surface area (TPSA) is 179 Å². The minimum absolute atomic E-state index is 0.395. The van der Waals surface area contributed by atoms with Crippen LogP contribution in [-0.2, 0) is 14.6 Å². The number of nitro groups is 2. The number of rotatable bonds is 8. The van der Waals surface area contributed by atoms with Gasteiger partial charge in [-0.15, -0.1) is 0 Å². The lowest BCUT2D eigenvalue weighted by Gasteiger charge is -2.13. The molecule has 1 unspecified atom stereocenters. The van der Waals surface area contributed by atoms with Gasteiger partial charge in [0.1, 0.15) is 12.7 Å². The number of hydrogen-bond donors (Lipinski definition) is 2. The average molecular weight is 338 g/mol. The number of non-ortho nitro benzene ring substituents is 1. The standard InChI is InChI=1S/C9H10N2O10S/c12-4-7(21-22(17,18)19)5-20-9-2-1-6(10(13)14)3-8(9)11(15)16/h1-3,7,12H,4-5H2,(H,17,18,19). The van der Waals surface area contributed by atoms with Crippen molar-refractivity contribution in [1.29, 1.82) is 0 Å². The van der Waals surface area contributed by atoms with Crippen molar-refractivity contribution < 1.29 is 36.8 Å². The third-order valence-electron chi connectivity index (χ3n) is 2.24. The Kier molecular flexibility index (Phi) is 5.69. The van der Waals surface area contributed by atoms with Crippen molar-refractivity contribution >= 4 is 21.8 Å². The number of benzene rings is 1. The van der Waals surface area contributed by atoms with Crippen molar-refractivity contribution in [1.82, 2.24) is 0 Å². The van der Waals surface area contributed by atoms with Crippen LogP contribution in [0.2, 0.25) is 0 Å². The second kappa shape index (κ2) is 7.08. The Labute approximate surface area is 123 Å². The summed E-state index contributed by atoms with van der Waals surface area (Å²) < 4.78 is 38.4. The molecule has 0 saturated heterocycles. The summed E-state index contributed by atoms with van der Waals surface area (Å²) in [5.41, 5.74) is -1.26. The predicted octanol–water partition coefficient (Wildman–Crippen LogP) is 0.0621. The number of nitrogens with zero attached hydrogens (tertiary/aromatic N) is 2. The lowest BCUT2D eigenvalue weighted by atomic mass is 10.2. The van der Waals surface area contributed by atoms with Gasteiger partial charge in [0, 0.05) is 6.07 Å². The molecule has 12 nitrogen and oxygen atoms in total. The minimum atomic E-state index is -4.85. The summed E-state index contributed by atoms with van der Waals surface area (Å²) in [5.74, 6) is -0.395. The molecule has 0 aliphatic rings. The van der Waals surface area contributed by atoms with E-state index in [1.165, 1.54) is 0 Å². The minimum Gasteiger partial charge on any atom is -0.484 e. The van der Waals surface area contributed by atoms with Gasteiger partial charge in [-0.1, -0.05) is 0 Å². The number of nitro benzene ring substituents is 2. The highest BCUT2D eigenvalue weighted by atomic mass is 32.3. The summed E-state index contributed by atoms with van der Waals surface area (Å²) in [6, 6.07) is 2.55. The summed E-state index contributed by atoms with van der Waals surface area (Å²) in [5, 5.41) is 30.2. The monoisotopic (exact) mass is 338 g/mol. The average Bonchev–Trinajstić information content (AvgIpc) is 2.41. The van der Waals surface area contributed by atoms with Crippen LogP contribution in [0.15, 0.2) is 18.2 Å². The van der Waals surface area contributed by atoms with Gasteiger partial charge in [0.05, 0.1) is 22.5 Å². The molecule has 2 N–H and O–H groups in total. The fourth-order valence-electron chi connectivity index (χ4n) is 1.35. The van der Waals surface area contributed by atoms with Gasteiger partial charge in [-0.2, -0.15) is 8.42 Å². The first-order valence-electron chi connectivity index (χ1n) is 5.46. The lowest BCUT2D eigenvalue weighted by molar-refractivity contribution is -0.394. The maximum absolute atomic E-state index is 10.8. The van der Waals surface area contributed by atoms with Crippen LogP contribution in [0.25, 0.3) is 0 Å². The van der Waals surface area contributed by atoms with Gasteiger partial charge >= 0.3 is 16.1 Å². The molecule has 0 amide bonds. The molecule has 0 fully saturated rings. The van der Waals surface area contributed by atoms with E-state index >= 15 is 0 Å². The van der Waals surface area contributed by atoms with Gasteiger partial charge in [-0.25, -0.2) is 4.18 Å². The Hall–Kier alpha value is -2.35. The Morgan fingerprint density at radius 3 is 2.32 bits per heavy atom. The third-order valence-corrected chi connectivity index (χ3v) is 2.75. The fourth-order valence-corrected chi connectivity index (χ4v) is 1.81. The van der Waals surface area contributed by atoms with Gasteiger partial charge < -0.3 is 9.84 Å². The Bertz CT molecular complexity index is 673. The first kappa shape index (κ1) is 17.7. The smallest absolute Gasteiger partial charge is 0.397 e. The van der Waals surface area contributed by atoms with Crippen LogP contribution in [0.5, 0.6) is 5.75 Å². The quantitative estimate of drug-likeness (QED) is 0.374. The maximum Gasteiger partial charge on any atom is 0.397 e. The number of aliphatic hydroxyl groups is 1. The van der Waals surface area contributed by atoms with E-state index < -0.39 is 56.7 Å². The molecule has 1 atom stereocenters. The van der Waals surface area contributed by atoms with E-state index in [2.05, 4.69) is 4.18 Å². The van der Waals surface area contributed by atoms with E-state index in [1.807, 2.05) is 0 Å². The molecule has 0 radical (unpaired) electrons. The molecule has 122 valence electrons. The highest BCUT2D eigenvalue weighted by Gasteiger charge is 2.23. The van der Waals surface area contributed by atoms with Crippen LogP contribution >= 0.6 is 0 Å². The second-order valence-corrected chi connectivity index (χ2v) is 4.85. The number of hydrogen-bond acceptors (Lipinski definition) is 9. The molecular weight excluding hydrogens is 328 g/mol. The predicted molar refractivity (Wildman–Crippen MR) is 68.8 cm³/mol. The molecule has 0 heterocycles. The molecule has 13 heteroatoms. The van der Waals surface area contributed by atoms with Crippen molar-refractivity contribution in [3.63, 3.8) is 0 Å². The Morgan fingerprint density at radius 1 is 1.23 bits per heavy atom.